The van der Waals surface area contributed by atoms with Crippen LogP contribution < -0.4 is 4.74 Å². The third kappa shape index (κ3) is 4.03. The number of hydrogen-bond donors (Lipinski definition) is 0. The molecular weight excluding hydrogens is 372 g/mol. The van der Waals surface area contributed by atoms with Gasteiger partial charge in [-0.2, -0.15) is 0 Å². The van der Waals surface area contributed by atoms with Gasteiger partial charge in [-0.3, -0.25) is 9.69 Å². The van der Waals surface area contributed by atoms with Crippen molar-refractivity contribution in [2.45, 2.75) is 19.4 Å². The molecule has 0 N–H and O–H groups in total. The molecule has 0 saturated carbocycles. The summed E-state index contributed by atoms with van der Waals surface area (Å²) in [6.45, 7) is 4.86. The lowest BCUT2D eigenvalue weighted by molar-refractivity contribution is -0.129. The van der Waals surface area contributed by atoms with E-state index in [0.29, 0.717) is 24.3 Å². The standard InChI is InChI=1S/C23H28N2O2.ClH/c1-16-5-4-6-17(11-16)12-22(26)25-14-19-13-24(2)23(21(19)15-25)18-7-9-20(27-3)10-8-18;/h4-11,19,21,23H,12-15H2,1-3H3;1H/t19-,21+,23-;/m0./s1. The fourth-order valence-electron chi connectivity index (χ4n) is 4.87. The summed E-state index contributed by atoms with van der Waals surface area (Å²) in [5, 5.41) is 0. The van der Waals surface area contributed by atoms with Crippen molar-refractivity contribution in [3.05, 3.63) is 65.2 Å². The molecule has 2 heterocycles. The molecule has 3 atom stereocenters. The highest BCUT2D eigenvalue weighted by atomic mass is 35.5. The van der Waals surface area contributed by atoms with E-state index in [4.69, 9.17) is 4.74 Å². The van der Waals surface area contributed by atoms with Gasteiger partial charge >= 0.3 is 0 Å². The molecule has 0 aliphatic carbocycles. The largest absolute Gasteiger partial charge is 0.497 e. The Morgan fingerprint density at radius 3 is 2.54 bits per heavy atom. The first-order chi connectivity index (χ1) is 13.0. The number of fused-ring (bicyclic) bond motifs is 1. The third-order valence-electron chi connectivity index (χ3n) is 6.14. The smallest absolute Gasteiger partial charge is 0.227 e. The average molecular weight is 401 g/mol. The number of aryl methyl sites for hydroxylation is 1. The normalized spacial score (nSPS) is 24.0. The van der Waals surface area contributed by atoms with Crippen molar-refractivity contribution in [2.75, 3.05) is 33.8 Å². The van der Waals surface area contributed by atoms with Crippen LogP contribution in [0.15, 0.2) is 48.5 Å². The maximum absolute atomic E-state index is 12.9. The predicted octanol–water partition coefficient (Wildman–Crippen LogP) is 3.73. The Bertz CT molecular complexity index is 824. The zero-order valence-corrected chi connectivity index (χ0v) is 17.6. The van der Waals surface area contributed by atoms with Gasteiger partial charge in [0.2, 0.25) is 5.91 Å². The first-order valence-electron chi connectivity index (χ1n) is 9.72. The molecule has 2 aromatic carbocycles. The summed E-state index contributed by atoms with van der Waals surface area (Å²) in [5.41, 5.74) is 3.64. The molecule has 4 nitrogen and oxygen atoms in total. The van der Waals surface area contributed by atoms with E-state index < -0.39 is 0 Å². The van der Waals surface area contributed by atoms with Gasteiger partial charge in [-0.05, 0) is 43.1 Å². The monoisotopic (exact) mass is 400 g/mol. The summed E-state index contributed by atoms with van der Waals surface area (Å²) in [6, 6.07) is 17.0. The number of amides is 1. The number of hydrogen-bond acceptors (Lipinski definition) is 3. The Balaban J connectivity index is 0.00000225. The van der Waals surface area contributed by atoms with Gasteiger partial charge in [0.25, 0.3) is 0 Å². The highest BCUT2D eigenvalue weighted by molar-refractivity contribution is 5.85. The molecule has 0 radical (unpaired) electrons. The van der Waals surface area contributed by atoms with Crippen molar-refractivity contribution in [1.82, 2.24) is 9.80 Å². The molecule has 4 rings (SSSR count). The summed E-state index contributed by atoms with van der Waals surface area (Å²) < 4.78 is 5.29. The summed E-state index contributed by atoms with van der Waals surface area (Å²) in [6.07, 6.45) is 0.504. The molecule has 2 aliphatic heterocycles. The first-order valence-corrected chi connectivity index (χ1v) is 9.72. The lowest BCUT2D eigenvalue weighted by atomic mass is 9.89. The van der Waals surface area contributed by atoms with E-state index in [1.54, 1.807) is 7.11 Å². The lowest BCUT2D eigenvalue weighted by Crippen LogP contribution is -2.34. The number of ether oxygens (including phenoxy) is 1. The van der Waals surface area contributed by atoms with Crippen molar-refractivity contribution in [2.24, 2.45) is 11.8 Å². The van der Waals surface area contributed by atoms with Gasteiger partial charge in [-0.15, -0.1) is 12.4 Å². The maximum Gasteiger partial charge on any atom is 0.227 e. The summed E-state index contributed by atoms with van der Waals surface area (Å²) in [7, 11) is 3.90. The maximum atomic E-state index is 12.9. The van der Waals surface area contributed by atoms with Gasteiger partial charge in [-0.25, -0.2) is 0 Å². The molecule has 150 valence electrons. The quantitative estimate of drug-likeness (QED) is 0.783. The van der Waals surface area contributed by atoms with Crippen LogP contribution >= 0.6 is 12.4 Å². The van der Waals surface area contributed by atoms with E-state index in [0.717, 1.165) is 30.9 Å². The zero-order valence-electron chi connectivity index (χ0n) is 16.8. The van der Waals surface area contributed by atoms with Crippen LogP contribution in [0.5, 0.6) is 5.75 Å². The van der Waals surface area contributed by atoms with E-state index in [9.17, 15) is 4.79 Å². The van der Waals surface area contributed by atoms with Gasteiger partial charge < -0.3 is 9.64 Å². The fraction of sp³-hybridized carbons (Fsp3) is 0.435. The van der Waals surface area contributed by atoms with Crippen LogP contribution in [0.4, 0.5) is 0 Å². The highest BCUT2D eigenvalue weighted by Crippen LogP contribution is 2.44. The van der Waals surface area contributed by atoms with Crippen molar-refractivity contribution in [3.8, 4) is 5.75 Å². The van der Waals surface area contributed by atoms with Crippen molar-refractivity contribution in [1.29, 1.82) is 0 Å². The van der Waals surface area contributed by atoms with Gasteiger partial charge in [0.15, 0.2) is 0 Å². The van der Waals surface area contributed by atoms with Crippen molar-refractivity contribution >= 4 is 18.3 Å². The van der Waals surface area contributed by atoms with Gasteiger partial charge in [0.05, 0.1) is 13.5 Å². The van der Waals surface area contributed by atoms with Crippen LogP contribution in [0, 0.1) is 18.8 Å². The topological polar surface area (TPSA) is 32.8 Å². The molecule has 2 saturated heterocycles. The Kier molecular flexibility index (Phi) is 6.31. The third-order valence-corrected chi connectivity index (χ3v) is 6.14. The molecule has 2 fully saturated rings. The number of benzene rings is 2. The van der Waals surface area contributed by atoms with Crippen LogP contribution in [-0.2, 0) is 11.2 Å². The van der Waals surface area contributed by atoms with Crippen molar-refractivity contribution in [3.63, 3.8) is 0 Å². The SMILES string of the molecule is COc1ccc([C@H]2[C@@H]3CN(C(=O)Cc4cccc(C)c4)C[C@@H]3CN2C)cc1.Cl. The molecule has 28 heavy (non-hydrogen) atoms. The van der Waals surface area contributed by atoms with Crippen LogP contribution in [0.25, 0.3) is 0 Å². The van der Waals surface area contributed by atoms with Gasteiger partial charge in [-0.1, -0.05) is 42.0 Å². The van der Waals surface area contributed by atoms with E-state index in [2.05, 4.69) is 54.1 Å². The summed E-state index contributed by atoms with van der Waals surface area (Å²) in [5.74, 6) is 2.21. The molecule has 2 aromatic rings. The minimum absolute atomic E-state index is 0. The number of halogens is 1. The Morgan fingerprint density at radius 2 is 1.86 bits per heavy atom. The molecule has 0 spiro atoms. The zero-order chi connectivity index (χ0) is 19.0. The molecule has 0 aromatic heterocycles. The Labute approximate surface area is 173 Å². The fourth-order valence-corrected chi connectivity index (χ4v) is 4.87. The van der Waals surface area contributed by atoms with E-state index in [1.165, 1.54) is 11.1 Å². The molecule has 5 heteroatoms. The minimum atomic E-state index is 0. The lowest BCUT2D eigenvalue weighted by Gasteiger charge is -2.27. The second-order valence-electron chi connectivity index (χ2n) is 8.05. The highest BCUT2D eigenvalue weighted by Gasteiger charge is 2.47. The van der Waals surface area contributed by atoms with Gasteiger partial charge in [0, 0.05) is 31.6 Å². The predicted molar refractivity (Wildman–Crippen MR) is 114 cm³/mol. The average Bonchev–Trinajstić information content (AvgIpc) is 3.18. The van der Waals surface area contributed by atoms with Crippen LogP contribution in [0.2, 0.25) is 0 Å². The van der Waals surface area contributed by atoms with Crippen LogP contribution in [0.3, 0.4) is 0 Å². The Hall–Kier alpha value is -2.04. The minimum Gasteiger partial charge on any atom is -0.497 e. The van der Waals surface area contributed by atoms with Crippen molar-refractivity contribution < 1.29 is 9.53 Å². The van der Waals surface area contributed by atoms with Crippen LogP contribution in [0.1, 0.15) is 22.7 Å². The number of methoxy groups -OCH3 is 1. The number of carbonyl (C=O) groups excluding carboxylic acids is 1. The van der Waals surface area contributed by atoms with E-state index in [-0.39, 0.29) is 18.3 Å². The molecule has 1 amide bonds. The molecule has 0 unspecified atom stereocenters. The molecule has 2 aliphatic rings. The second kappa shape index (κ2) is 8.54. The first kappa shape index (κ1) is 20.7. The van der Waals surface area contributed by atoms with Gasteiger partial charge in [0.1, 0.15) is 5.75 Å². The Morgan fingerprint density at radius 1 is 1.11 bits per heavy atom. The summed E-state index contributed by atoms with van der Waals surface area (Å²) in [4.78, 5) is 17.4. The van der Waals surface area contributed by atoms with E-state index >= 15 is 0 Å². The summed E-state index contributed by atoms with van der Waals surface area (Å²) >= 11 is 0. The molecule has 0 bridgehead atoms. The number of rotatable bonds is 4. The number of carbonyl (C=O) groups is 1. The number of likely N-dealkylation sites (tertiary alicyclic amines) is 2. The molecular formula is C23H29ClN2O2. The second-order valence-corrected chi connectivity index (χ2v) is 8.05. The van der Waals surface area contributed by atoms with Crippen LogP contribution in [-0.4, -0.2) is 49.5 Å². The van der Waals surface area contributed by atoms with E-state index in [1.807, 2.05) is 18.2 Å². The number of nitrogens with zero attached hydrogens (tertiary/aromatic N) is 2.